The molecule has 0 bridgehead atoms. The van der Waals surface area contributed by atoms with E-state index in [1.807, 2.05) is 29.8 Å². The molecule has 1 aromatic carbocycles. The van der Waals surface area contributed by atoms with Crippen LogP contribution in [0.3, 0.4) is 0 Å². The molecular weight excluding hydrogens is 439 g/mol. The predicted octanol–water partition coefficient (Wildman–Crippen LogP) is 2.97. The van der Waals surface area contributed by atoms with Crippen LogP contribution in [0, 0.1) is 6.92 Å². The van der Waals surface area contributed by atoms with Crippen molar-refractivity contribution in [3.8, 4) is 11.4 Å². The fourth-order valence-corrected chi connectivity index (χ4v) is 3.73. The Bertz CT molecular complexity index is 1090. The van der Waals surface area contributed by atoms with Crippen LogP contribution in [0.4, 0.5) is 5.69 Å². The number of aryl methyl sites for hydroxylation is 2. The summed E-state index contributed by atoms with van der Waals surface area (Å²) < 4.78 is 3.53. The van der Waals surface area contributed by atoms with E-state index in [2.05, 4.69) is 20.8 Å². The van der Waals surface area contributed by atoms with Gasteiger partial charge in [0.05, 0.1) is 0 Å². The van der Waals surface area contributed by atoms with Gasteiger partial charge in [-0.3, -0.25) is 9.59 Å². The van der Waals surface area contributed by atoms with Crippen molar-refractivity contribution < 1.29 is 4.79 Å². The Labute approximate surface area is 192 Å². The number of anilines is 1. The summed E-state index contributed by atoms with van der Waals surface area (Å²) in [7, 11) is 1.87. The van der Waals surface area contributed by atoms with E-state index < -0.39 is 0 Å². The van der Waals surface area contributed by atoms with E-state index in [0.717, 1.165) is 37.3 Å². The zero-order valence-corrected chi connectivity index (χ0v) is 19.0. The monoisotopic (exact) mass is 464 g/mol. The second kappa shape index (κ2) is 10.6. The van der Waals surface area contributed by atoms with Crippen molar-refractivity contribution in [2.45, 2.75) is 25.8 Å². The molecule has 10 heteroatoms. The summed E-state index contributed by atoms with van der Waals surface area (Å²) >= 11 is 0. The van der Waals surface area contributed by atoms with Crippen LogP contribution in [0.1, 0.15) is 34.8 Å². The second-order valence-corrected chi connectivity index (χ2v) is 7.36. The van der Waals surface area contributed by atoms with Gasteiger partial charge in [-0.05, 0) is 68.8 Å². The highest BCUT2D eigenvalue weighted by atomic mass is 35.5. The molecule has 3 aromatic rings. The Balaban J connectivity index is 0.00000171. The average molecular weight is 465 g/mol. The van der Waals surface area contributed by atoms with Crippen molar-refractivity contribution in [1.82, 2.24) is 24.6 Å². The van der Waals surface area contributed by atoms with E-state index in [-0.39, 0.29) is 47.9 Å². The van der Waals surface area contributed by atoms with Crippen molar-refractivity contribution in [2.75, 3.05) is 18.4 Å². The van der Waals surface area contributed by atoms with Crippen molar-refractivity contribution in [2.24, 2.45) is 7.05 Å². The minimum absolute atomic E-state index is 0. The number of rotatable bonds is 4. The molecule has 8 nitrogen and oxygen atoms in total. The van der Waals surface area contributed by atoms with Crippen molar-refractivity contribution >= 4 is 36.4 Å². The molecule has 0 aliphatic carbocycles. The molecule has 166 valence electrons. The molecule has 2 N–H and O–H groups in total. The van der Waals surface area contributed by atoms with E-state index in [0.29, 0.717) is 11.3 Å². The first-order valence-electron chi connectivity index (χ1n) is 9.73. The number of carbonyl (C=O) groups excluding carboxylic acids is 1. The van der Waals surface area contributed by atoms with Gasteiger partial charge in [-0.25, -0.2) is 0 Å². The van der Waals surface area contributed by atoms with Gasteiger partial charge in [-0.1, -0.05) is 0 Å². The van der Waals surface area contributed by atoms with Crippen LogP contribution >= 0.6 is 24.8 Å². The summed E-state index contributed by atoms with van der Waals surface area (Å²) in [5.41, 5.74) is 2.16. The van der Waals surface area contributed by atoms with Crippen LogP contribution in [0.5, 0.6) is 0 Å². The highest BCUT2D eigenvalue weighted by Gasteiger charge is 2.21. The van der Waals surface area contributed by atoms with Gasteiger partial charge in [-0.2, -0.15) is 0 Å². The number of hydrogen-bond donors (Lipinski definition) is 2. The standard InChI is InChI=1S/C21H24N6O2.2ClH/c1-14-9-12-27(17-7-10-22-11-8-17)21(29)18(14)20(28)24-16-5-3-15(4-6-16)19-25-23-13-26(19)2;;/h3-6,9,12-13,17,22H,7-8,10-11H2,1-2H3,(H,24,28);2*1H. The molecule has 0 atom stereocenters. The molecule has 4 rings (SSSR count). The summed E-state index contributed by atoms with van der Waals surface area (Å²) in [6, 6.07) is 9.30. The first-order chi connectivity index (χ1) is 14.0. The Morgan fingerprint density at radius 3 is 2.42 bits per heavy atom. The SMILES string of the molecule is Cc1ccn(C2CCNCC2)c(=O)c1C(=O)Nc1ccc(-c2nncn2C)cc1.Cl.Cl. The largest absolute Gasteiger partial charge is 0.322 e. The van der Waals surface area contributed by atoms with Crippen molar-refractivity contribution in [1.29, 1.82) is 0 Å². The number of benzene rings is 1. The van der Waals surface area contributed by atoms with Gasteiger partial charge in [0.15, 0.2) is 5.82 Å². The topological polar surface area (TPSA) is 93.8 Å². The first kappa shape index (κ1) is 24.6. The van der Waals surface area contributed by atoms with E-state index in [1.165, 1.54) is 0 Å². The van der Waals surface area contributed by atoms with E-state index in [9.17, 15) is 9.59 Å². The van der Waals surface area contributed by atoms with E-state index in [4.69, 9.17) is 0 Å². The number of amides is 1. The summed E-state index contributed by atoms with van der Waals surface area (Å²) in [6.45, 7) is 3.55. The second-order valence-electron chi connectivity index (χ2n) is 7.36. The molecule has 31 heavy (non-hydrogen) atoms. The number of piperidine rings is 1. The Morgan fingerprint density at radius 1 is 1.13 bits per heavy atom. The average Bonchev–Trinajstić information content (AvgIpc) is 3.15. The molecule has 0 unspecified atom stereocenters. The third-order valence-corrected chi connectivity index (χ3v) is 5.37. The maximum atomic E-state index is 13.0. The smallest absolute Gasteiger partial charge is 0.263 e. The van der Waals surface area contributed by atoms with Crippen LogP contribution < -0.4 is 16.2 Å². The van der Waals surface area contributed by atoms with Gasteiger partial charge in [0.1, 0.15) is 11.9 Å². The van der Waals surface area contributed by atoms with Gasteiger partial charge in [0, 0.05) is 30.5 Å². The van der Waals surface area contributed by atoms with Crippen LogP contribution in [-0.4, -0.2) is 38.3 Å². The Morgan fingerprint density at radius 2 is 1.81 bits per heavy atom. The fraction of sp³-hybridized carbons (Fsp3) is 0.333. The third-order valence-electron chi connectivity index (χ3n) is 5.37. The number of aromatic nitrogens is 4. The minimum Gasteiger partial charge on any atom is -0.322 e. The lowest BCUT2D eigenvalue weighted by Crippen LogP contribution is -2.37. The zero-order chi connectivity index (χ0) is 20.4. The maximum Gasteiger partial charge on any atom is 0.263 e. The number of carbonyl (C=O) groups is 1. The maximum absolute atomic E-state index is 13.0. The molecule has 1 saturated heterocycles. The molecule has 1 aliphatic heterocycles. The summed E-state index contributed by atoms with van der Waals surface area (Å²) in [4.78, 5) is 25.9. The van der Waals surface area contributed by atoms with Crippen LogP contribution in [0.2, 0.25) is 0 Å². The summed E-state index contributed by atoms with van der Waals surface area (Å²) in [6.07, 6.45) is 5.21. The lowest BCUT2D eigenvalue weighted by atomic mass is 10.0. The fourth-order valence-electron chi connectivity index (χ4n) is 3.73. The quantitative estimate of drug-likeness (QED) is 0.618. The lowest BCUT2D eigenvalue weighted by molar-refractivity contribution is 0.102. The van der Waals surface area contributed by atoms with Crippen molar-refractivity contribution in [3.05, 3.63) is 64.3 Å². The number of pyridine rings is 1. The molecule has 1 aliphatic rings. The molecule has 2 aromatic heterocycles. The van der Waals surface area contributed by atoms with Crippen molar-refractivity contribution in [3.63, 3.8) is 0 Å². The summed E-state index contributed by atoms with van der Waals surface area (Å²) in [5.74, 6) is 0.355. The van der Waals surface area contributed by atoms with Crippen LogP contribution in [-0.2, 0) is 7.05 Å². The lowest BCUT2D eigenvalue weighted by Gasteiger charge is -2.25. The zero-order valence-electron chi connectivity index (χ0n) is 17.4. The van der Waals surface area contributed by atoms with Crippen LogP contribution in [0.25, 0.3) is 11.4 Å². The minimum atomic E-state index is -0.387. The molecule has 0 spiro atoms. The highest BCUT2D eigenvalue weighted by Crippen LogP contribution is 2.20. The van der Waals surface area contributed by atoms with Gasteiger partial charge in [-0.15, -0.1) is 35.0 Å². The van der Waals surface area contributed by atoms with Gasteiger partial charge in [0.2, 0.25) is 0 Å². The molecule has 3 heterocycles. The van der Waals surface area contributed by atoms with Gasteiger partial charge in [0.25, 0.3) is 11.5 Å². The van der Waals surface area contributed by atoms with Gasteiger partial charge < -0.3 is 19.8 Å². The number of halogens is 2. The van der Waals surface area contributed by atoms with Crippen LogP contribution in [0.15, 0.2) is 47.7 Å². The number of hydrogen-bond acceptors (Lipinski definition) is 5. The number of nitrogens with one attached hydrogen (secondary N) is 2. The molecule has 0 radical (unpaired) electrons. The molecule has 1 amide bonds. The highest BCUT2D eigenvalue weighted by molar-refractivity contribution is 6.05. The Kier molecular flexibility index (Phi) is 8.38. The Hall–Kier alpha value is -2.68. The third kappa shape index (κ3) is 5.15. The normalized spacial score (nSPS) is 13.7. The first-order valence-corrected chi connectivity index (χ1v) is 9.73. The number of nitrogens with zero attached hydrogens (tertiary/aromatic N) is 4. The van der Waals surface area contributed by atoms with Gasteiger partial charge >= 0.3 is 0 Å². The molecular formula is C21H26Cl2N6O2. The predicted molar refractivity (Wildman–Crippen MR) is 125 cm³/mol. The van der Waals surface area contributed by atoms with E-state index in [1.54, 1.807) is 36.1 Å². The molecule has 0 saturated carbocycles. The van der Waals surface area contributed by atoms with E-state index >= 15 is 0 Å². The summed E-state index contributed by atoms with van der Waals surface area (Å²) in [5, 5.41) is 14.1. The molecule has 1 fully saturated rings.